The molecule has 25 heavy (non-hydrogen) atoms. The number of benzene rings is 1. The van der Waals surface area contributed by atoms with Gasteiger partial charge in [0.25, 0.3) is 0 Å². The van der Waals surface area contributed by atoms with Crippen molar-refractivity contribution in [3.63, 3.8) is 0 Å². The number of thioether (sulfide) groups is 1. The lowest BCUT2D eigenvalue weighted by Gasteiger charge is -2.08. The van der Waals surface area contributed by atoms with Crippen LogP contribution in [0.1, 0.15) is 11.1 Å². The van der Waals surface area contributed by atoms with Gasteiger partial charge in [-0.1, -0.05) is 35.5 Å². The van der Waals surface area contributed by atoms with Gasteiger partial charge in [0.2, 0.25) is 11.1 Å². The fourth-order valence-electron chi connectivity index (χ4n) is 2.13. The number of hydrogen-bond donors (Lipinski definition) is 1. The van der Waals surface area contributed by atoms with Crippen LogP contribution in [-0.4, -0.2) is 36.9 Å². The van der Waals surface area contributed by atoms with Crippen molar-refractivity contribution in [3.8, 4) is 5.69 Å². The Morgan fingerprint density at radius 1 is 1.28 bits per heavy atom. The van der Waals surface area contributed by atoms with Crippen LogP contribution in [-0.2, 0) is 4.79 Å². The second kappa shape index (κ2) is 7.62. The van der Waals surface area contributed by atoms with Gasteiger partial charge >= 0.3 is 0 Å². The van der Waals surface area contributed by atoms with Crippen LogP contribution in [0.15, 0.2) is 41.7 Å². The summed E-state index contributed by atoms with van der Waals surface area (Å²) >= 11 is 7.03. The number of rotatable bonds is 5. The molecule has 2 aromatic heterocycles. The predicted octanol–water partition coefficient (Wildman–Crippen LogP) is 3.06. The minimum absolute atomic E-state index is 0.162. The molecule has 3 rings (SSSR count). The number of nitrogens with zero attached hydrogens (tertiary/aromatic N) is 5. The summed E-state index contributed by atoms with van der Waals surface area (Å²) in [6.07, 6.45) is 1.48. The second-order valence-corrected chi connectivity index (χ2v) is 6.74. The van der Waals surface area contributed by atoms with E-state index in [0.29, 0.717) is 16.0 Å². The van der Waals surface area contributed by atoms with E-state index >= 15 is 0 Å². The monoisotopic (exact) mass is 374 g/mol. The number of hydrogen-bond acceptors (Lipinski definition) is 6. The third-order valence-electron chi connectivity index (χ3n) is 3.36. The molecule has 0 aliphatic heterocycles. The second-order valence-electron chi connectivity index (χ2n) is 5.36. The van der Waals surface area contributed by atoms with Gasteiger partial charge in [-0.05, 0) is 53.6 Å². The number of aryl methyl sites for hydroxylation is 2. The van der Waals surface area contributed by atoms with Crippen molar-refractivity contribution >= 4 is 35.1 Å². The Morgan fingerprint density at radius 3 is 2.88 bits per heavy atom. The highest BCUT2D eigenvalue weighted by molar-refractivity contribution is 7.99. The van der Waals surface area contributed by atoms with Crippen LogP contribution >= 0.6 is 23.4 Å². The fourth-order valence-corrected chi connectivity index (χ4v) is 2.92. The molecule has 0 saturated carbocycles. The van der Waals surface area contributed by atoms with Gasteiger partial charge in [-0.3, -0.25) is 4.79 Å². The molecule has 0 aliphatic rings. The van der Waals surface area contributed by atoms with Crippen molar-refractivity contribution in [1.82, 2.24) is 25.2 Å². The maximum atomic E-state index is 12.1. The molecule has 3 aromatic rings. The van der Waals surface area contributed by atoms with Crippen molar-refractivity contribution in [2.24, 2.45) is 0 Å². The van der Waals surface area contributed by atoms with Crippen LogP contribution in [0.2, 0.25) is 5.02 Å². The van der Waals surface area contributed by atoms with Gasteiger partial charge in [-0.2, -0.15) is 4.68 Å². The van der Waals surface area contributed by atoms with E-state index < -0.39 is 0 Å². The molecule has 2 heterocycles. The Kier molecular flexibility index (Phi) is 5.30. The third-order valence-corrected chi connectivity index (χ3v) is 4.50. The number of anilines is 1. The summed E-state index contributed by atoms with van der Waals surface area (Å²) in [5.41, 5.74) is 3.06. The number of amides is 1. The minimum atomic E-state index is -0.199. The topological polar surface area (TPSA) is 85.6 Å². The largest absolute Gasteiger partial charge is 0.310 e. The maximum Gasteiger partial charge on any atom is 0.236 e. The van der Waals surface area contributed by atoms with Gasteiger partial charge in [0.15, 0.2) is 0 Å². The van der Waals surface area contributed by atoms with E-state index in [-0.39, 0.29) is 11.7 Å². The van der Waals surface area contributed by atoms with E-state index in [1.807, 2.05) is 32.0 Å². The van der Waals surface area contributed by atoms with E-state index in [0.717, 1.165) is 16.8 Å². The fraction of sp³-hybridized carbons (Fsp3) is 0.188. The first-order valence-electron chi connectivity index (χ1n) is 7.43. The summed E-state index contributed by atoms with van der Waals surface area (Å²) in [5.74, 6) is 0.412. The van der Waals surface area contributed by atoms with Crippen LogP contribution in [0, 0.1) is 13.8 Å². The van der Waals surface area contributed by atoms with Gasteiger partial charge in [0.1, 0.15) is 5.82 Å². The van der Waals surface area contributed by atoms with E-state index in [9.17, 15) is 4.79 Å². The number of aromatic nitrogens is 5. The van der Waals surface area contributed by atoms with Gasteiger partial charge in [-0.15, -0.1) is 5.10 Å². The number of carbonyl (C=O) groups is 1. The van der Waals surface area contributed by atoms with Gasteiger partial charge in [0.05, 0.1) is 16.5 Å². The molecule has 0 atom stereocenters. The van der Waals surface area contributed by atoms with Gasteiger partial charge in [-0.25, -0.2) is 4.98 Å². The van der Waals surface area contributed by atoms with Crippen LogP contribution in [0.25, 0.3) is 5.69 Å². The van der Waals surface area contributed by atoms with E-state index in [1.54, 1.807) is 16.8 Å². The summed E-state index contributed by atoms with van der Waals surface area (Å²) in [6.45, 7) is 4.00. The molecule has 0 aliphatic carbocycles. The molecule has 0 saturated heterocycles. The lowest BCUT2D eigenvalue weighted by molar-refractivity contribution is -0.113. The van der Waals surface area contributed by atoms with Crippen molar-refractivity contribution < 1.29 is 4.79 Å². The molecule has 1 N–H and O–H groups in total. The first-order chi connectivity index (χ1) is 12.0. The molecule has 0 bridgehead atoms. The van der Waals surface area contributed by atoms with E-state index in [1.165, 1.54) is 18.0 Å². The zero-order valence-electron chi connectivity index (χ0n) is 13.6. The number of pyridine rings is 1. The van der Waals surface area contributed by atoms with Crippen molar-refractivity contribution in [1.29, 1.82) is 0 Å². The molecule has 1 aromatic carbocycles. The molecule has 0 unspecified atom stereocenters. The zero-order chi connectivity index (χ0) is 17.8. The molecule has 128 valence electrons. The number of carbonyl (C=O) groups excluding carboxylic acids is 1. The normalized spacial score (nSPS) is 10.7. The van der Waals surface area contributed by atoms with Crippen molar-refractivity contribution in [2.75, 3.05) is 11.1 Å². The Bertz CT molecular complexity index is 896. The third kappa shape index (κ3) is 4.34. The van der Waals surface area contributed by atoms with Gasteiger partial charge in [0, 0.05) is 6.20 Å². The molecular weight excluding hydrogens is 360 g/mol. The zero-order valence-corrected chi connectivity index (χ0v) is 15.2. The molecular formula is C16H15ClN6OS. The van der Waals surface area contributed by atoms with Crippen molar-refractivity contribution in [3.05, 3.63) is 52.7 Å². The lowest BCUT2D eigenvalue weighted by Crippen LogP contribution is -2.15. The Balaban J connectivity index is 1.68. The van der Waals surface area contributed by atoms with Crippen molar-refractivity contribution in [2.45, 2.75) is 19.0 Å². The standard InChI is InChI=1S/C16H15ClN6OS/c1-10-3-4-11(2)13(7-10)23-16(20-21-22-23)25-9-15(24)19-14-6-5-12(17)8-18-14/h3-8H,9H2,1-2H3,(H,18,19,24). The predicted molar refractivity (Wildman–Crippen MR) is 97.2 cm³/mol. The number of nitrogens with one attached hydrogen (secondary N) is 1. The van der Waals surface area contributed by atoms with Crippen LogP contribution in [0.3, 0.4) is 0 Å². The van der Waals surface area contributed by atoms with E-state index in [2.05, 4.69) is 25.8 Å². The van der Waals surface area contributed by atoms with Gasteiger partial charge < -0.3 is 5.32 Å². The highest BCUT2D eigenvalue weighted by Crippen LogP contribution is 2.21. The molecule has 0 fully saturated rings. The molecule has 1 amide bonds. The lowest BCUT2D eigenvalue weighted by atomic mass is 10.1. The number of tetrazole rings is 1. The van der Waals surface area contributed by atoms with Crippen LogP contribution in [0.4, 0.5) is 5.82 Å². The van der Waals surface area contributed by atoms with Crippen LogP contribution in [0.5, 0.6) is 0 Å². The van der Waals surface area contributed by atoms with E-state index in [4.69, 9.17) is 11.6 Å². The highest BCUT2D eigenvalue weighted by atomic mass is 35.5. The summed E-state index contributed by atoms with van der Waals surface area (Å²) < 4.78 is 1.64. The summed E-state index contributed by atoms with van der Waals surface area (Å²) in [6, 6.07) is 9.36. The molecule has 7 nitrogen and oxygen atoms in total. The number of halogens is 1. The summed E-state index contributed by atoms with van der Waals surface area (Å²) in [7, 11) is 0. The van der Waals surface area contributed by atoms with Crippen LogP contribution < -0.4 is 5.32 Å². The molecule has 9 heteroatoms. The smallest absolute Gasteiger partial charge is 0.236 e. The highest BCUT2D eigenvalue weighted by Gasteiger charge is 2.13. The average Bonchev–Trinajstić information content (AvgIpc) is 3.05. The molecule has 0 spiro atoms. The Labute approximate surface area is 153 Å². The summed E-state index contributed by atoms with van der Waals surface area (Å²) in [4.78, 5) is 16.1. The quantitative estimate of drug-likeness (QED) is 0.691. The first-order valence-corrected chi connectivity index (χ1v) is 8.79. The Morgan fingerprint density at radius 2 is 2.12 bits per heavy atom. The first kappa shape index (κ1) is 17.4. The maximum absolute atomic E-state index is 12.1. The molecule has 0 radical (unpaired) electrons. The Hall–Kier alpha value is -2.45. The SMILES string of the molecule is Cc1ccc(C)c(-n2nnnc2SCC(=O)Nc2ccc(Cl)cn2)c1. The summed E-state index contributed by atoms with van der Waals surface area (Å²) in [5, 5.41) is 15.5. The average molecular weight is 375 g/mol. The minimum Gasteiger partial charge on any atom is -0.310 e.